The molecule has 0 saturated carbocycles. The first kappa shape index (κ1) is 14.9. The average Bonchev–Trinajstić information content (AvgIpc) is 2.56. The molecule has 0 aliphatic carbocycles. The Morgan fingerprint density at radius 3 is 2.77 bits per heavy atom. The van der Waals surface area contributed by atoms with Crippen molar-refractivity contribution in [3.63, 3.8) is 0 Å². The molecule has 1 aliphatic rings. The molecule has 0 amide bonds. The number of fused-ring (bicyclic) bond motifs is 2. The third-order valence-electron chi connectivity index (χ3n) is 3.11. The lowest BCUT2D eigenvalue weighted by molar-refractivity contribution is -0.438. The topological polar surface area (TPSA) is 56.9 Å². The summed E-state index contributed by atoms with van der Waals surface area (Å²) >= 11 is 1.59. The zero-order valence-electron chi connectivity index (χ0n) is 12.0. The maximum Gasteiger partial charge on any atom is 0.258 e. The Morgan fingerprint density at radius 2 is 1.82 bits per heavy atom. The Morgan fingerprint density at radius 1 is 1.00 bits per heavy atom. The molecule has 3 rings (SSSR count). The van der Waals surface area contributed by atoms with Crippen molar-refractivity contribution < 1.29 is 14.3 Å². The molecular formula is C16H16N2O3S. The molecule has 1 aliphatic heterocycles. The van der Waals surface area contributed by atoms with E-state index in [9.17, 15) is 5.21 Å². The number of para-hydroxylation sites is 2. The second kappa shape index (κ2) is 7.29. The molecule has 6 heteroatoms. The van der Waals surface area contributed by atoms with Gasteiger partial charge in [0.2, 0.25) is 0 Å². The fraction of sp³-hybridized carbons (Fsp3) is 0.250. The quantitative estimate of drug-likeness (QED) is 0.542. The number of thioether (sulfide) groups is 1. The molecule has 114 valence electrons. The number of azo groups is 1. The summed E-state index contributed by atoms with van der Waals surface area (Å²) in [5.41, 5.74) is 1.04. The van der Waals surface area contributed by atoms with Gasteiger partial charge in [0.25, 0.3) is 5.69 Å². The van der Waals surface area contributed by atoms with Crippen molar-refractivity contribution in [2.24, 2.45) is 5.11 Å². The summed E-state index contributed by atoms with van der Waals surface area (Å²) in [6.45, 7) is 1.56. The fourth-order valence-electron chi connectivity index (χ4n) is 2.07. The second-order valence-electron chi connectivity index (χ2n) is 4.62. The van der Waals surface area contributed by atoms with Crippen LogP contribution in [0.1, 0.15) is 0 Å². The van der Waals surface area contributed by atoms with Crippen molar-refractivity contribution in [3.05, 3.63) is 53.7 Å². The smallest absolute Gasteiger partial charge is 0.258 e. The molecule has 5 nitrogen and oxygen atoms in total. The highest BCUT2D eigenvalue weighted by Crippen LogP contribution is 2.32. The molecule has 0 fully saturated rings. The largest absolute Gasteiger partial charge is 0.594 e. The van der Waals surface area contributed by atoms with Crippen LogP contribution in [0.2, 0.25) is 0 Å². The number of benzene rings is 2. The number of rotatable bonds is 0. The van der Waals surface area contributed by atoms with E-state index in [1.807, 2.05) is 30.3 Å². The van der Waals surface area contributed by atoms with Crippen molar-refractivity contribution in [2.45, 2.75) is 4.90 Å². The maximum atomic E-state index is 12.4. The monoisotopic (exact) mass is 316 g/mol. The molecular weight excluding hydrogens is 300 g/mol. The lowest BCUT2D eigenvalue weighted by Gasteiger charge is -2.07. The summed E-state index contributed by atoms with van der Waals surface area (Å²) < 4.78 is 11.2. The van der Waals surface area contributed by atoms with Crippen molar-refractivity contribution in [1.82, 2.24) is 0 Å². The highest BCUT2D eigenvalue weighted by atomic mass is 32.2. The van der Waals surface area contributed by atoms with Gasteiger partial charge in [-0.05, 0) is 23.1 Å². The van der Waals surface area contributed by atoms with Crippen molar-refractivity contribution in [1.29, 1.82) is 0 Å². The Labute approximate surface area is 133 Å². The van der Waals surface area contributed by atoms with Crippen LogP contribution >= 0.6 is 11.8 Å². The molecule has 1 heterocycles. The SMILES string of the molecule is [O-][N+]1=Nc2ccccc2OCCOCCSc2ccccc21. The highest BCUT2D eigenvalue weighted by Gasteiger charge is 2.14. The Bertz CT molecular complexity index is 676. The molecule has 0 bridgehead atoms. The summed E-state index contributed by atoms with van der Waals surface area (Å²) in [4.78, 5) is 1.55. The summed E-state index contributed by atoms with van der Waals surface area (Å²) in [6, 6.07) is 14.7. The predicted octanol–water partition coefficient (Wildman–Crippen LogP) is 4.11. The van der Waals surface area contributed by atoms with E-state index >= 15 is 0 Å². The molecule has 22 heavy (non-hydrogen) atoms. The van der Waals surface area contributed by atoms with Crippen molar-refractivity contribution in [3.8, 4) is 5.75 Å². The minimum atomic E-state index is 0.434. The van der Waals surface area contributed by atoms with E-state index in [4.69, 9.17) is 9.47 Å². The van der Waals surface area contributed by atoms with E-state index in [0.717, 1.165) is 10.6 Å². The summed E-state index contributed by atoms with van der Waals surface area (Å²) in [7, 11) is 0. The van der Waals surface area contributed by atoms with E-state index in [2.05, 4.69) is 5.11 Å². The number of ether oxygens (including phenoxy) is 2. The summed E-state index contributed by atoms with van der Waals surface area (Å²) in [5, 5.41) is 16.6. The zero-order valence-corrected chi connectivity index (χ0v) is 12.8. The first-order valence-electron chi connectivity index (χ1n) is 7.05. The first-order chi connectivity index (χ1) is 10.8. The Kier molecular flexibility index (Phi) is 4.92. The van der Waals surface area contributed by atoms with Crippen LogP contribution in [0.5, 0.6) is 5.75 Å². The van der Waals surface area contributed by atoms with E-state index in [-0.39, 0.29) is 0 Å². The van der Waals surface area contributed by atoms with Crippen LogP contribution in [0.25, 0.3) is 0 Å². The van der Waals surface area contributed by atoms with Gasteiger partial charge in [-0.1, -0.05) is 24.3 Å². The summed E-state index contributed by atoms with van der Waals surface area (Å²) in [6.07, 6.45) is 0. The Hall–Kier alpha value is -2.05. The van der Waals surface area contributed by atoms with Crippen LogP contribution in [0.3, 0.4) is 0 Å². The van der Waals surface area contributed by atoms with Gasteiger partial charge in [-0.3, -0.25) is 0 Å². The molecule has 2 aromatic carbocycles. The van der Waals surface area contributed by atoms with Crippen LogP contribution in [0.4, 0.5) is 11.4 Å². The van der Waals surface area contributed by atoms with Gasteiger partial charge in [-0.2, -0.15) is 0 Å². The van der Waals surface area contributed by atoms with Crippen LogP contribution in [0.15, 0.2) is 58.5 Å². The number of hydrogen-bond donors (Lipinski definition) is 0. The molecule has 0 unspecified atom stereocenters. The lowest BCUT2D eigenvalue weighted by Crippen LogP contribution is -2.08. The normalized spacial score (nSPS) is 15.9. The van der Waals surface area contributed by atoms with Crippen molar-refractivity contribution in [2.75, 3.05) is 25.6 Å². The average molecular weight is 316 g/mol. The number of hydrogen-bond acceptors (Lipinski definition) is 5. The van der Waals surface area contributed by atoms with Gasteiger partial charge in [0.1, 0.15) is 6.61 Å². The number of nitrogens with zero attached hydrogens (tertiary/aromatic N) is 2. The Balaban J connectivity index is 2.01. The third kappa shape index (κ3) is 3.58. The minimum absolute atomic E-state index is 0.434. The molecule has 0 spiro atoms. The van der Waals surface area contributed by atoms with E-state index in [1.54, 1.807) is 30.0 Å². The van der Waals surface area contributed by atoms with Crippen LogP contribution in [-0.2, 0) is 4.74 Å². The van der Waals surface area contributed by atoms with Crippen LogP contribution < -0.4 is 4.74 Å². The van der Waals surface area contributed by atoms with Gasteiger partial charge < -0.3 is 14.7 Å². The highest BCUT2D eigenvalue weighted by molar-refractivity contribution is 7.99. The van der Waals surface area contributed by atoms with E-state index in [1.165, 1.54) is 0 Å². The van der Waals surface area contributed by atoms with Gasteiger partial charge in [-0.15, -0.1) is 11.8 Å². The van der Waals surface area contributed by atoms with E-state index in [0.29, 0.717) is 41.8 Å². The first-order valence-corrected chi connectivity index (χ1v) is 8.03. The molecule has 0 radical (unpaired) electrons. The molecule has 0 atom stereocenters. The predicted molar refractivity (Wildman–Crippen MR) is 85.3 cm³/mol. The molecule has 0 saturated heterocycles. The summed E-state index contributed by atoms with van der Waals surface area (Å²) in [5.74, 6) is 1.36. The van der Waals surface area contributed by atoms with Gasteiger partial charge in [-0.25, -0.2) is 0 Å². The van der Waals surface area contributed by atoms with Crippen LogP contribution in [0, 0.1) is 5.21 Å². The van der Waals surface area contributed by atoms with Gasteiger partial charge >= 0.3 is 0 Å². The van der Waals surface area contributed by atoms with Crippen LogP contribution in [-0.4, -0.2) is 30.4 Å². The zero-order chi connectivity index (χ0) is 15.2. The van der Waals surface area contributed by atoms with Gasteiger partial charge in [0.15, 0.2) is 11.4 Å². The molecule has 2 aromatic rings. The maximum absolute atomic E-state index is 12.4. The standard InChI is InChI=1S/C16H16N2O3S/c19-18-14-6-2-4-8-16(14)22-12-11-20-9-10-21-15-7-3-1-5-13(15)17-18/h1-8H,9-12H2. The van der Waals surface area contributed by atoms with Gasteiger partial charge in [0.05, 0.1) is 18.1 Å². The molecule has 0 N–H and O–H groups in total. The minimum Gasteiger partial charge on any atom is -0.594 e. The van der Waals surface area contributed by atoms with Crippen molar-refractivity contribution >= 4 is 23.1 Å². The van der Waals surface area contributed by atoms with E-state index < -0.39 is 0 Å². The lowest BCUT2D eigenvalue weighted by atomic mass is 10.3. The fourth-order valence-corrected chi connectivity index (χ4v) is 2.96. The third-order valence-corrected chi connectivity index (χ3v) is 4.13. The second-order valence-corrected chi connectivity index (χ2v) is 5.75. The molecule has 0 aromatic heterocycles. The van der Waals surface area contributed by atoms with Gasteiger partial charge in [0, 0.05) is 16.9 Å².